The number of anilines is 1. The van der Waals surface area contributed by atoms with Gasteiger partial charge in [-0.15, -0.1) is 0 Å². The van der Waals surface area contributed by atoms with Crippen LogP contribution in [0.2, 0.25) is 0 Å². The minimum Gasteiger partial charge on any atom is -0.495 e. The molecule has 0 fully saturated rings. The number of hydrogen-bond acceptors (Lipinski definition) is 5. The van der Waals surface area contributed by atoms with Crippen molar-refractivity contribution in [2.75, 3.05) is 19.0 Å². The lowest BCUT2D eigenvalue weighted by Crippen LogP contribution is -2.21. The van der Waals surface area contributed by atoms with E-state index in [1.165, 1.54) is 31.4 Å². The summed E-state index contributed by atoms with van der Waals surface area (Å²) in [6, 6.07) is 10.4. The van der Waals surface area contributed by atoms with Crippen LogP contribution in [0.3, 0.4) is 0 Å². The minimum atomic E-state index is -0.670. The molecule has 0 unspecified atom stereocenters. The number of benzene rings is 2. The summed E-state index contributed by atoms with van der Waals surface area (Å²) >= 11 is 0. The first-order valence-electron chi connectivity index (χ1n) is 8.28. The molecule has 27 heavy (non-hydrogen) atoms. The summed E-state index contributed by atoms with van der Waals surface area (Å²) in [6.45, 7) is 1.40. The Morgan fingerprint density at radius 3 is 2.41 bits per heavy atom. The van der Waals surface area contributed by atoms with Gasteiger partial charge >= 0.3 is 5.97 Å². The van der Waals surface area contributed by atoms with Crippen molar-refractivity contribution >= 4 is 23.3 Å². The molecule has 0 atom stereocenters. The second-order valence-electron chi connectivity index (χ2n) is 5.84. The fourth-order valence-electron chi connectivity index (χ4n) is 2.32. The molecule has 0 bridgehead atoms. The summed E-state index contributed by atoms with van der Waals surface area (Å²) in [6.07, 6.45) is -0.255. The highest BCUT2D eigenvalue weighted by molar-refractivity contribution is 5.98. The van der Waals surface area contributed by atoms with Gasteiger partial charge in [0.15, 0.2) is 12.4 Å². The molecule has 2 rings (SSSR count). The third-order valence-electron chi connectivity index (χ3n) is 3.72. The molecule has 0 aliphatic rings. The third-order valence-corrected chi connectivity index (χ3v) is 3.72. The molecule has 0 saturated carbocycles. The van der Waals surface area contributed by atoms with Gasteiger partial charge in [0.25, 0.3) is 5.91 Å². The van der Waals surface area contributed by atoms with Gasteiger partial charge in [-0.25, -0.2) is 4.39 Å². The Morgan fingerprint density at radius 1 is 1.04 bits per heavy atom. The largest absolute Gasteiger partial charge is 0.495 e. The van der Waals surface area contributed by atoms with Crippen LogP contribution >= 0.6 is 0 Å². The van der Waals surface area contributed by atoms with Crippen molar-refractivity contribution in [3.05, 3.63) is 59.4 Å². The van der Waals surface area contributed by atoms with Crippen molar-refractivity contribution in [2.24, 2.45) is 0 Å². The zero-order chi connectivity index (χ0) is 19.8. The molecule has 142 valence electrons. The van der Waals surface area contributed by atoms with E-state index in [0.717, 1.165) is 5.56 Å². The summed E-state index contributed by atoms with van der Waals surface area (Å²) < 4.78 is 22.9. The van der Waals surface area contributed by atoms with Crippen LogP contribution in [-0.4, -0.2) is 31.4 Å². The number of methoxy groups -OCH3 is 1. The van der Waals surface area contributed by atoms with Crippen LogP contribution in [0.15, 0.2) is 42.5 Å². The zero-order valence-corrected chi connectivity index (χ0v) is 15.1. The average molecular weight is 373 g/mol. The molecule has 0 aromatic heterocycles. The van der Waals surface area contributed by atoms with Gasteiger partial charge in [0.1, 0.15) is 11.6 Å². The smallest absolute Gasteiger partial charge is 0.306 e. The molecule has 1 amide bonds. The van der Waals surface area contributed by atoms with E-state index in [2.05, 4.69) is 5.32 Å². The summed E-state index contributed by atoms with van der Waals surface area (Å²) in [7, 11) is 1.48. The normalized spacial score (nSPS) is 10.2. The van der Waals surface area contributed by atoms with Gasteiger partial charge in [0, 0.05) is 12.0 Å². The van der Waals surface area contributed by atoms with Gasteiger partial charge in [-0.3, -0.25) is 14.4 Å². The number of ketones is 1. The van der Waals surface area contributed by atoms with Gasteiger partial charge < -0.3 is 14.8 Å². The molecule has 2 aromatic carbocycles. The van der Waals surface area contributed by atoms with E-state index in [1.807, 2.05) is 13.0 Å². The van der Waals surface area contributed by atoms with Crippen molar-refractivity contribution < 1.29 is 28.2 Å². The summed E-state index contributed by atoms with van der Waals surface area (Å²) in [4.78, 5) is 35.6. The minimum absolute atomic E-state index is 0.0855. The maximum atomic E-state index is 12.8. The van der Waals surface area contributed by atoms with E-state index in [9.17, 15) is 18.8 Å². The predicted octanol–water partition coefficient (Wildman–Crippen LogP) is 3.29. The van der Waals surface area contributed by atoms with Crippen LogP contribution in [0.25, 0.3) is 0 Å². The molecule has 0 spiro atoms. The summed E-state index contributed by atoms with van der Waals surface area (Å²) in [5.41, 5.74) is 1.72. The standard InChI is InChI=1S/C20H20FNO5/c1-13-3-9-18(26-2)16(11-13)22-19(24)12-27-20(25)10-8-17(23)14-4-6-15(21)7-5-14/h3-7,9,11H,8,10,12H2,1-2H3,(H,22,24). The highest BCUT2D eigenvalue weighted by atomic mass is 19.1. The second kappa shape index (κ2) is 9.47. The topological polar surface area (TPSA) is 81.7 Å². The molecule has 7 heteroatoms. The van der Waals surface area contributed by atoms with E-state index in [4.69, 9.17) is 9.47 Å². The van der Waals surface area contributed by atoms with Gasteiger partial charge in [0.05, 0.1) is 19.2 Å². The van der Waals surface area contributed by atoms with Crippen LogP contribution in [-0.2, 0) is 14.3 Å². The van der Waals surface area contributed by atoms with Crippen LogP contribution in [0.5, 0.6) is 5.75 Å². The SMILES string of the molecule is COc1ccc(C)cc1NC(=O)COC(=O)CCC(=O)c1ccc(F)cc1. The summed E-state index contributed by atoms with van der Waals surface area (Å²) in [5.74, 6) is -1.44. The number of carbonyl (C=O) groups excluding carboxylic acids is 3. The van der Waals surface area contributed by atoms with Crippen molar-refractivity contribution in [3.63, 3.8) is 0 Å². The number of ether oxygens (including phenoxy) is 2. The van der Waals surface area contributed by atoms with E-state index in [1.54, 1.807) is 12.1 Å². The Kier molecular flexibility index (Phi) is 7.05. The van der Waals surface area contributed by atoms with Gasteiger partial charge in [-0.1, -0.05) is 6.07 Å². The Morgan fingerprint density at radius 2 is 1.74 bits per heavy atom. The molecule has 0 aliphatic carbocycles. The van der Waals surface area contributed by atoms with Crippen LogP contribution in [0.4, 0.5) is 10.1 Å². The van der Waals surface area contributed by atoms with Crippen molar-refractivity contribution in [3.8, 4) is 5.75 Å². The van der Waals surface area contributed by atoms with E-state index in [-0.39, 0.29) is 18.6 Å². The van der Waals surface area contributed by atoms with Crippen LogP contribution in [0.1, 0.15) is 28.8 Å². The quantitative estimate of drug-likeness (QED) is 0.567. The number of nitrogens with one attached hydrogen (secondary N) is 1. The molecule has 0 heterocycles. The molecule has 2 aromatic rings. The maximum absolute atomic E-state index is 12.8. The zero-order valence-electron chi connectivity index (χ0n) is 15.1. The van der Waals surface area contributed by atoms with Gasteiger partial charge in [-0.05, 0) is 48.9 Å². The fourth-order valence-corrected chi connectivity index (χ4v) is 2.32. The second-order valence-corrected chi connectivity index (χ2v) is 5.84. The molecule has 0 radical (unpaired) electrons. The number of hydrogen-bond donors (Lipinski definition) is 1. The Bertz CT molecular complexity index is 833. The predicted molar refractivity (Wildman–Crippen MR) is 97.3 cm³/mol. The number of carbonyl (C=O) groups is 3. The number of rotatable bonds is 8. The maximum Gasteiger partial charge on any atom is 0.306 e. The van der Waals surface area contributed by atoms with E-state index < -0.39 is 24.3 Å². The number of halogens is 1. The lowest BCUT2D eigenvalue weighted by molar-refractivity contribution is -0.147. The van der Waals surface area contributed by atoms with E-state index in [0.29, 0.717) is 17.0 Å². The summed E-state index contributed by atoms with van der Waals surface area (Å²) in [5, 5.41) is 2.61. The molecule has 1 N–H and O–H groups in total. The van der Waals surface area contributed by atoms with Crippen LogP contribution in [0, 0.1) is 12.7 Å². The number of aryl methyl sites for hydroxylation is 1. The highest BCUT2D eigenvalue weighted by Gasteiger charge is 2.13. The number of esters is 1. The first-order valence-corrected chi connectivity index (χ1v) is 8.28. The van der Waals surface area contributed by atoms with Gasteiger partial charge in [0.2, 0.25) is 0 Å². The Balaban J connectivity index is 1.78. The molecule has 0 saturated heterocycles. The first-order chi connectivity index (χ1) is 12.9. The number of amides is 1. The Labute approximate surface area is 156 Å². The van der Waals surface area contributed by atoms with Gasteiger partial charge in [-0.2, -0.15) is 0 Å². The van der Waals surface area contributed by atoms with Crippen molar-refractivity contribution in [1.29, 1.82) is 0 Å². The lowest BCUT2D eigenvalue weighted by Gasteiger charge is -2.11. The average Bonchev–Trinajstić information content (AvgIpc) is 2.65. The molecular weight excluding hydrogens is 353 g/mol. The first kappa shape index (κ1) is 20.1. The van der Waals surface area contributed by atoms with Crippen molar-refractivity contribution in [1.82, 2.24) is 0 Å². The fraction of sp³-hybridized carbons (Fsp3) is 0.250. The van der Waals surface area contributed by atoms with E-state index >= 15 is 0 Å². The molecule has 6 nitrogen and oxygen atoms in total. The monoisotopic (exact) mass is 373 g/mol. The van der Waals surface area contributed by atoms with Crippen LogP contribution < -0.4 is 10.1 Å². The molecular formula is C20H20FNO5. The van der Waals surface area contributed by atoms with Crippen molar-refractivity contribution in [2.45, 2.75) is 19.8 Å². The third kappa shape index (κ3) is 6.22. The molecule has 0 aliphatic heterocycles. The number of Topliss-reactive ketones (excluding diaryl/α,β-unsaturated/α-hetero) is 1. The Hall–Kier alpha value is -3.22. The lowest BCUT2D eigenvalue weighted by atomic mass is 10.1. The highest BCUT2D eigenvalue weighted by Crippen LogP contribution is 2.25.